The lowest BCUT2D eigenvalue weighted by Gasteiger charge is -1.90. The van der Waals surface area contributed by atoms with Crippen molar-refractivity contribution < 1.29 is 4.79 Å². The highest BCUT2D eigenvalue weighted by molar-refractivity contribution is 5.95. The zero-order valence-electron chi connectivity index (χ0n) is 7.56. The van der Waals surface area contributed by atoms with Crippen molar-refractivity contribution in [2.24, 2.45) is 7.05 Å². The summed E-state index contributed by atoms with van der Waals surface area (Å²) in [6.07, 6.45) is 0.765. The molecule has 1 heterocycles. The van der Waals surface area contributed by atoms with Crippen LogP contribution in [0.15, 0.2) is 18.2 Å². The van der Waals surface area contributed by atoms with Crippen molar-refractivity contribution >= 4 is 17.2 Å². The number of fused-ring (bicyclic) bond motifs is 1. The Morgan fingerprint density at radius 3 is 3.00 bits per heavy atom. The van der Waals surface area contributed by atoms with Crippen LogP contribution in [-0.2, 0) is 7.05 Å². The Balaban J connectivity index is 2.82. The molecule has 0 amide bonds. The van der Waals surface area contributed by atoms with Crippen LogP contribution in [0, 0.1) is 11.3 Å². The molecule has 0 spiro atoms. The van der Waals surface area contributed by atoms with Gasteiger partial charge in [0.05, 0.1) is 17.1 Å². The van der Waals surface area contributed by atoms with Gasteiger partial charge in [0.15, 0.2) is 6.29 Å². The molecule has 0 aliphatic heterocycles. The number of aryl methyl sites for hydroxylation is 1. The minimum atomic E-state index is 0.532. The fraction of sp³-hybridized carbons (Fsp3) is 0.100. The number of nitrogens with zero attached hydrogens (tertiary/aromatic N) is 3. The van der Waals surface area contributed by atoms with Gasteiger partial charge < -0.3 is 0 Å². The molecule has 0 saturated carbocycles. The van der Waals surface area contributed by atoms with Gasteiger partial charge in [0.1, 0.15) is 5.69 Å². The fourth-order valence-electron chi connectivity index (χ4n) is 1.43. The summed E-state index contributed by atoms with van der Waals surface area (Å²) in [6, 6.07) is 7.12. The van der Waals surface area contributed by atoms with E-state index >= 15 is 0 Å². The minimum absolute atomic E-state index is 0.532. The molecule has 0 unspecified atom stereocenters. The van der Waals surface area contributed by atoms with E-state index in [4.69, 9.17) is 5.26 Å². The lowest BCUT2D eigenvalue weighted by atomic mass is 10.1. The molecule has 0 fully saturated rings. The summed E-state index contributed by atoms with van der Waals surface area (Å²) in [7, 11) is 1.70. The zero-order chi connectivity index (χ0) is 10.1. The van der Waals surface area contributed by atoms with Crippen LogP contribution in [-0.4, -0.2) is 16.1 Å². The topological polar surface area (TPSA) is 58.7 Å². The number of benzene rings is 1. The molecule has 68 valence electrons. The fourth-order valence-corrected chi connectivity index (χ4v) is 1.43. The molecule has 2 aromatic rings. The van der Waals surface area contributed by atoms with Gasteiger partial charge in [0.25, 0.3) is 0 Å². The van der Waals surface area contributed by atoms with Crippen LogP contribution >= 0.6 is 0 Å². The van der Waals surface area contributed by atoms with Crippen LogP contribution in [0.25, 0.3) is 10.9 Å². The number of nitriles is 1. The van der Waals surface area contributed by atoms with Gasteiger partial charge in [-0.2, -0.15) is 10.4 Å². The lowest BCUT2D eigenvalue weighted by molar-refractivity contribution is 0.111. The second kappa shape index (κ2) is 2.96. The van der Waals surface area contributed by atoms with Gasteiger partial charge >= 0.3 is 0 Å². The Labute approximate surface area is 80.4 Å². The molecular formula is C10H7N3O. The third kappa shape index (κ3) is 1.07. The SMILES string of the molecule is Cn1nc2cc(C#N)ccc2c1C=O. The van der Waals surface area contributed by atoms with Gasteiger partial charge in [-0.25, -0.2) is 0 Å². The predicted molar refractivity (Wildman–Crippen MR) is 50.8 cm³/mol. The van der Waals surface area contributed by atoms with E-state index in [1.54, 1.807) is 25.2 Å². The first kappa shape index (κ1) is 8.45. The summed E-state index contributed by atoms with van der Waals surface area (Å²) in [5.41, 5.74) is 1.76. The van der Waals surface area contributed by atoms with Crippen LogP contribution in [0.2, 0.25) is 0 Å². The molecule has 1 aromatic heterocycles. The smallest absolute Gasteiger partial charge is 0.168 e. The van der Waals surface area contributed by atoms with E-state index in [9.17, 15) is 4.79 Å². The maximum Gasteiger partial charge on any atom is 0.168 e. The summed E-state index contributed by atoms with van der Waals surface area (Å²) in [5.74, 6) is 0. The molecule has 1 aromatic carbocycles. The van der Waals surface area contributed by atoms with E-state index in [-0.39, 0.29) is 0 Å². The lowest BCUT2D eigenvalue weighted by Crippen LogP contribution is -1.95. The third-order valence-corrected chi connectivity index (χ3v) is 2.12. The Morgan fingerprint density at radius 1 is 1.57 bits per heavy atom. The quantitative estimate of drug-likeness (QED) is 0.628. The van der Waals surface area contributed by atoms with Gasteiger partial charge in [-0.15, -0.1) is 0 Å². The van der Waals surface area contributed by atoms with Crippen LogP contribution in [0.3, 0.4) is 0 Å². The number of hydrogen-bond acceptors (Lipinski definition) is 3. The standard InChI is InChI=1S/C10H7N3O/c1-13-10(6-14)8-3-2-7(5-11)4-9(8)12-13/h2-4,6H,1H3. The van der Waals surface area contributed by atoms with Crippen LogP contribution in [0.1, 0.15) is 16.1 Å². The highest BCUT2D eigenvalue weighted by atomic mass is 16.1. The van der Waals surface area contributed by atoms with Crippen molar-refractivity contribution in [3.63, 3.8) is 0 Å². The highest BCUT2D eigenvalue weighted by Gasteiger charge is 2.07. The Hall–Kier alpha value is -2.15. The predicted octanol–water partition coefficient (Wildman–Crippen LogP) is 1.26. The maximum atomic E-state index is 10.7. The summed E-state index contributed by atoms with van der Waals surface area (Å²) >= 11 is 0. The number of aromatic nitrogens is 2. The second-order valence-corrected chi connectivity index (χ2v) is 2.97. The maximum absolute atomic E-state index is 10.7. The summed E-state index contributed by atoms with van der Waals surface area (Å²) in [6.45, 7) is 0. The summed E-state index contributed by atoms with van der Waals surface area (Å²) in [5, 5.41) is 13.6. The van der Waals surface area contributed by atoms with Crippen LogP contribution in [0.5, 0.6) is 0 Å². The van der Waals surface area contributed by atoms with Gasteiger partial charge in [-0.3, -0.25) is 9.48 Å². The monoisotopic (exact) mass is 185 g/mol. The molecular weight excluding hydrogens is 178 g/mol. The molecule has 0 aliphatic carbocycles. The third-order valence-electron chi connectivity index (χ3n) is 2.12. The van der Waals surface area contributed by atoms with Crippen molar-refractivity contribution in [2.75, 3.05) is 0 Å². The first-order chi connectivity index (χ1) is 6.76. The highest BCUT2D eigenvalue weighted by Crippen LogP contribution is 2.17. The van der Waals surface area contributed by atoms with Gasteiger partial charge in [0.2, 0.25) is 0 Å². The van der Waals surface area contributed by atoms with E-state index in [0.29, 0.717) is 16.8 Å². The van der Waals surface area contributed by atoms with Crippen molar-refractivity contribution in [1.82, 2.24) is 9.78 Å². The molecule has 0 aliphatic rings. The first-order valence-corrected chi connectivity index (χ1v) is 4.08. The van der Waals surface area contributed by atoms with Crippen molar-refractivity contribution in [2.45, 2.75) is 0 Å². The van der Waals surface area contributed by atoms with E-state index < -0.39 is 0 Å². The normalized spacial score (nSPS) is 10.0. The molecule has 0 saturated heterocycles. The van der Waals surface area contributed by atoms with E-state index in [1.807, 2.05) is 6.07 Å². The van der Waals surface area contributed by atoms with E-state index in [2.05, 4.69) is 5.10 Å². The van der Waals surface area contributed by atoms with Crippen molar-refractivity contribution in [3.8, 4) is 6.07 Å². The van der Waals surface area contributed by atoms with Gasteiger partial charge in [0, 0.05) is 12.4 Å². The second-order valence-electron chi connectivity index (χ2n) is 2.97. The molecule has 0 radical (unpaired) electrons. The average Bonchev–Trinajstić information content (AvgIpc) is 2.51. The number of rotatable bonds is 1. The Bertz CT molecular complexity index is 548. The van der Waals surface area contributed by atoms with Crippen LogP contribution in [0.4, 0.5) is 0 Å². The van der Waals surface area contributed by atoms with Gasteiger partial charge in [-0.1, -0.05) is 0 Å². The average molecular weight is 185 g/mol. The molecule has 14 heavy (non-hydrogen) atoms. The largest absolute Gasteiger partial charge is 0.296 e. The molecule has 0 atom stereocenters. The number of aldehydes is 1. The Kier molecular flexibility index (Phi) is 1.79. The molecule has 2 rings (SSSR count). The number of carbonyl (C=O) groups excluding carboxylic acids is 1. The first-order valence-electron chi connectivity index (χ1n) is 4.08. The molecule has 4 nitrogen and oxygen atoms in total. The Morgan fingerprint density at radius 2 is 2.36 bits per heavy atom. The van der Waals surface area contributed by atoms with Gasteiger partial charge in [-0.05, 0) is 18.2 Å². The molecule has 4 heteroatoms. The summed E-state index contributed by atoms with van der Waals surface area (Å²) in [4.78, 5) is 10.7. The molecule has 0 bridgehead atoms. The zero-order valence-corrected chi connectivity index (χ0v) is 7.56. The summed E-state index contributed by atoms with van der Waals surface area (Å²) < 4.78 is 1.51. The number of carbonyl (C=O) groups is 1. The van der Waals surface area contributed by atoms with Crippen LogP contribution < -0.4 is 0 Å². The molecule has 0 N–H and O–H groups in total. The van der Waals surface area contributed by atoms with E-state index in [1.165, 1.54) is 4.68 Å². The minimum Gasteiger partial charge on any atom is -0.296 e. The van der Waals surface area contributed by atoms with Crippen molar-refractivity contribution in [3.05, 3.63) is 29.5 Å². The number of hydrogen-bond donors (Lipinski definition) is 0. The van der Waals surface area contributed by atoms with Crippen molar-refractivity contribution in [1.29, 1.82) is 5.26 Å². The van der Waals surface area contributed by atoms with E-state index in [0.717, 1.165) is 11.7 Å².